The summed E-state index contributed by atoms with van der Waals surface area (Å²) in [5.74, 6) is 0.253. The van der Waals surface area contributed by atoms with Crippen molar-refractivity contribution in [3.05, 3.63) is 18.0 Å². The van der Waals surface area contributed by atoms with E-state index in [4.69, 9.17) is 11.6 Å². The fraction of sp³-hybridized carbons (Fsp3) is 0.600. The first-order chi connectivity index (χ1) is 6.97. The maximum absolute atomic E-state index is 11.8. The minimum atomic E-state index is -0.542. The highest BCUT2D eigenvalue weighted by atomic mass is 35.5. The lowest BCUT2D eigenvalue weighted by Crippen LogP contribution is -2.39. The molecule has 1 heterocycles. The second-order valence-electron chi connectivity index (χ2n) is 4.24. The summed E-state index contributed by atoms with van der Waals surface area (Å²) < 4.78 is 0. The molecular formula is C10H16ClN3O. The smallest absolute Gasteiger partial charge is 0.227 e. The molecular weight excluding hydrogens is 214 g/mol. The molecule has 1 rings (SSSR count). The predicted octanol–water partition coefficient (Wildman–Crippen LogP) is 1.85. The van der Waals surface area contributed by atoms with Crippen molar-refractivity contribution in [3.8, 4) is 0 Å². The zero-order chi connectivity index (χ0) is 11.5. The van der Waals surface area contributed by atoms with Crippen LogP contribution in [0.1, 0.15) is 32.4 Å². The summed E-state index contributed by atoms with van der Waals surface area (Å²) in [5, 5.41) is 9.43. The largest absolute Gasteiger partial charge is 0.349 e. The maximum atomic E-state index is 11.8. The Morgan fingerprint density at radius 1 is 1.73 bits per heavy atom. The van der Waals surface area contributed by atoms with Gasteiger partial charge in [-0.2, -0.15) is 5.10 Å². The standard InChI is InChI=1S/C10H16ClN3O/c1-7(8-4-12-13-5-8)14-9(15)10(2,3)6-11/h4-5,7H,6H2,1-3H3,(H,12,13)(H,14,15). The molecule has 0 aromatic carbocycles. The molecule has 2 N–H and O–H groups in total. The Morgan fingerprint density at radius 3 is 2.87 bits per heavy atom. The molecule has 4 nitrogen and oxygen atoms in total. The minimum absolute atomic E-state index is 0.0498. The van der Waals surface area contributed by atoms with Crippen molar-refractivity contribution in [3.63, 3.8) is 0 Å². The number of hydrogen-bond donors (Lipinski definition) is 2. The minimum Gasteiger partial charge on any atom is -0.349 e. The number of aromatic amines is 1. The van der Waals surface area contributed by atoms with Crippen molar-refractivity contribution >= 4 is 17.5 Å². The summed E-state index contributed by atoms with van der Waals surface area (Å²) >= 11 is 5.72. The first-order valence-electron chi connectivity index (χ1n) is 4.83. The molecule has 1 aromatic rings. The van der Waals surface area contributed by atoms with Crippen molar-refractivity contribution in [2.45, 2.75) is 26.8 Å². The number of rotatable bonds is 4. The third-order valence-corrected chi connectivity index (χ3v) is 2.98. The van der Waals surface area contributed by atoms with Gasteiger partial charge in [0.2, 0.25) is 5.91 Å². The molecule has 0 bridgehead atoms. The normalized spacial score (nSPS) is 13.6. The first-order valence-corrected chi connectivity index (χ1v) is 5.36. The number of halogens is 1. The Labute approximate surface area is 94.4 Å². The van der Waals surface area contributed by atoms with Crippen molar-refractivity contribution in [1.29, 1.82) is 0 Å². The summed E-state index contributed by atoms with van der Waals surface area (Å²) in [6.07, 6.45) is 3.46. The number of nitrogens with one attached hydrogen (secondary N) is 2. The molecule has 0 aliphatic rings. The molecule has 84 valence electrons. The van der Waals surface area contributed by atoms with E-state index >= 15 is 0 Å². The van der Waals surface area contributed by atoms with Gasteiger partial charge in [-0.3, -0.25) is 9.89 Å². The Hall–Kier alpha value is -1.03. The molecule has 0 aliphatic carbocycles. The molecule has 0 aliphatic heterocycles. The molecule has 0 spiro atoms. The monoisotopic (exact) mass is 229 g/mol. The van der Waals surface area contributed by atoms with Crippen molar-refractivity contribution in [1.82, 2.24) is 15.5 Å². The van der Waals surface area contributed by atoms with E-state index in [2.05, 4.69) is 15.5 Å². The Morgan fingerprint density at radius 2 is 2.40 bits per heavy atom. The summed E-state index contributed by atoms with van der Waals surface area (Å²) in [7, 11) is 0. The van der Waals surface area contributed by atoms with Crippen LogP contribution in [0, 0.1) is 5.41 Å². The number of hydrogen-bond acceptors (Lipinski definition) is 2. The molecule has 0 saturated carbocycles. The summed E-state index contributed by atoms with van der Waals surface area (Å²) in [4.78, 5) is 11.8. The van der Waals surface area contributed by atoms with E-state index in [0.29, 0.717) is 5.88 Å². The van der Waals surface area contributed by atoms with Gasteiger partial charge in [0.15, 0.2) is 0 Å². The lowest BCUT2D eigenvalue weighted by molar-refractivity contribution is -0.129. The van der Waals surface area contributed by atoms with Crippen LogP contribution >= 0.6 is 11.6 Å². The van der Waals surface area contributed by atoms with Crippen molar-refractivity contribution < 1.29 is 4.79 Å². The van der Waals surface area contributed by atoms with Crippen LogP contribution in [0.4, 0.5) is 0 Å². The zero-order valence-corrected chi connectivity index (χ0v) is 9.93. The number of carbonyl (C=O) groups excluding carboxylic acids is 1. The molecule has 0 fully saturated rings. The van der Waals surface area contributed by atoms with Crippen LogP contribution in [0.2, 0.25) is 0 Å². The fourth-order valence-electron chi connectivity index (χ4n) is 1.03. The average molecular weight is 230 g/mol. The van der Waals surface area contributed by atoms with Gasteiger partial charge >= 0.3 is 0 Å². The number of H-pyrrole nitrogens is 1. The predicted molar refractivity (Wildman–Crippen MR) is 59.6 cm³/mol. The third kappa shape index (κ3) is 2.96. The Kier molecular flexibility index (Phi) is 3.74. The van der Waals surface area contributed by atoms with Crippen LogP contribution in [0.15, 0.2) is 12.4 Å². The van der Waals surface area contributed by atoms with Crippen molar-refractivity contribution in [2.75, 3.05) is 5.88 Å². The molecule has 1 unspecified atom stereocenters. The quantitative estimate of drug-likeness (QED) is 0.775. The lowest BCUT2D eigenvalue weighted by atomic mass is 9.94. The first kappa shape index (κ1) is 12.0. The summed E-state index contributed by atoms with van der Waals surface area (Å²) in [6, 6.07) is -0.0567. The number of alkyl halides is 1. The van der Waals surface area contributed by atoms with Crippen LogP contribution in [0.25, 0.3) is 0 Å². The van der Waals surface area contributed by atoms with Gasteiger partial charge in [0.25, 0.3) is 0 Å². The maximum Gasteiger partial charge on any atom is 0.227 e. The number of aromatic nitrogens is 2. The SMILES string of the molecule is CC(NC(=O)C(C)(C)CCl)c1cn[nH]c1. The van der Waals surface area contributed by atoms with Crippen LogP contribution < -0.4 is 5.32 Å². The topological polar surface area (TPSA) is 57.8 Å². The highest BCUT2D eigenvalue weighted by Crippen LogP contribution is 2.19. The summed E-state index contributed by atoms with van der Waals surface area (Å²) in [5.41, 5.74) is 0.410. The van der Waals surface area contributed by atoms with Gasteiger partial charge in [-0.15, -0.1) is 11.6 Å². The lowest BCUT2D eigenvalue weighted by Gasteiger charge is -2.23. The van der Waals surface area contributed by atoms with E-state index in [9.17, 15) is 4.79 Å². The Balaban J connectivity index is 2.60. The molecule has 5 heteroatoms. The van der Waals surface area contributed by atoms with E-state index in [0.717, 1.165) is 5.56 Å². The van der Waals surface area contributed by atoms with Crippen molar-refractivity contribution in [2.24, 2.45) is 5.41 Å². The molecule has 1 atom stereocenters. The van der Waals surface area contributed by atoms with Gasteiger partial charge in [-0.1, -0.05) is 0 Å². The summed E-state index contributed by atoms with van der Waals surface area (Å²) in [6.45, 7) is 5.54. The van der Waals surface area contributed by atoms with E-state index in [1.807, 2.05) is 20.8 Å². The van der Waals surface area contributed by atoms with Crippen LogP contribution in [0.3, 0.4) is 0 Å². The van der Waals surface area contributed by atoms with Gasteiger partial charge in [0.1, 0.15) is 0 Å². The molecule has 0 radical (unpaired) electrons. The van der Waals surface area contributed by atoms with Gasteiger partial charge in [-0.05, 0) is 20.8 Å². The highest BCUT2D eigenvalue weighted by Gasteiger charge is 2.27. The molecule has 0 saturated heterocycles. The second-order valence-corrected chi connectivity index (χ2v) is 4.51. The molecule has 15 heavy (non-hydrogen) atoms. The molecule has 1 amide bonds. The average Bonchev–Trinajstić information content (AvgIpc) is 2.70. The van der Waals surface area contributed by atoms with E-state index < -0.39 is 5.41 Å². The second kappa shape index (κ2) is 4.66. The van der Waals surface area contributed by atoms with Crippen LogP contribution in [-0.2, 0) is 4.79 Å². The van der Waals surface area contributed by atoms with Gasteiger partial charge < -0.3 is 5.32 Å². The highest BCUT2D eigenvalue weighted by molar-refractivity contribution is 6.19. The van der Waals surface area contributed by atoms with Crippen LogP contribution in [-0.4, -0.2) is 22.0 Å². The van der Waals surface area contributed by atoms with Crippen LogP contribution in [0.5, 0.6) is 0 Å². The van der Waals surface area contributed by atoms with E-state index in [-0.39, 0.29) is 11.9 Å². The number of carbonyl (C=O) groups is 1. The van der Waals surface area contributed by atoms with Gasteiger partial charge in [-0.25, -0.2) is 0 Å². The number of nitrogens with zero attached hydrogens (tertiary/aromatic N) is 1. The fourth-order valence-corrected chi connectivity index (χ4v) is 1.16. The van der Waals surface area contributed by atoms with E-state index in [1.165, 1.54) is 0 Å². The molecule has 1 aromatic heterocycles. The third-order valence-electron chi connectivity index (χ3n) is 2.32. The van der Waals surface area contributed by atoms with Gasteiger partial charge in [0, 0.05) is 17.6 Å². The van der Waals surface area contributed by atoms with Gasteiger partial charge in [0.05, 0.1) is 17.7 Å². The van der Waals surface area contributed by atoms with E-state index in [1.54, 1.807) is 12.4 Å². The number of amides is 1. The Bertz CT molecular complexity index is 321. The zero-order valence-electron chi connectivity index (χ0n) is 9.17.